The van der Waals surface area contributed by atoms with Gasteiger partial charge < -0.3 is 0 Å². The predicted molar refractivity (Wildman–Crippen MR) is 106 cm³/mol. The second kappa shape index (κ2) is 10.2. The molecule has 144 valence electrons. The Morgan fingerprint density at radius 2 is 1.00 bits per heavy atom. The molecule has 8 heteroatoms. The Kier molecular flexibility index (Phi) is 7.93. The molecule has 6 nitrogen and oxygen atoms in total. The van der Waals surface area contributed by atoms with Crippen molar-refractivity contribution in [2.24, 2.45) is 0 Å². The number of benzene rings is 2. The summed E-state index contributed by atoms with van der Waals surface area (Å²) < 4.78 is 56.1. The summed E-state index contributed by atoms with van der Waals surface area (Å²) in [5.41, 5.74) is 1.69. The third kappa shape index (κ3) is 8.78. The fourth-order valence-electron chi connectivity index (χ4n) is 1.99. The Balaban J connectivity index is 1.76. The third-order valence-corrected chi connectivity index (χ3v) is 5.39. The minimum Gasteiger partial charge on any atom is -0.240 e. The van der Waals surface area contributed by atoms with Crippen LogP contribution in [-0.4, -0.2) is 35.1 Å². The van der Waals surface area contributed by atoms with E-state index in [0.29, 0.717) is 0 Å². The summed E-state index contributed by atoms with van der Waals surface area (Å²) in [5, 5.41) is 0. The molecular weight excluding hydrogens is 388 g/mol. The first-order valence-electron chi connectivity index (χ1n) is 8.04. The van der Waals surface area contributed by atoms with E-state index in [1.54, 1.807) is 12.2 Å². The van der Waals surface area contributed by atoms with Crippen LogP contribution in [0.3, 0.4) is 0 Å². The standard InChI is InChI=1S/C19H20O6S2/c20-26(21,15-7-13-18-9-3-1-4-10-18)24-17-25-27(22,23)16-8-14-19-11-5-2-6-12-19/h1-14H,15-17H2. The van der Waals surface area contributed by atoms with Gasteiger partial charge in [-0.05, 0) is 11.1 Å². The summed E-state index contributed by atoms with van der Waals surface area (Å²) in [5.74, 6) is -0.779. The van der Waals surface area contributed by atoms with Crippen LogP contribution in [0.4, 0.5) is 0 Å². The van der Waals surface area contributed by atoms with Crippen molar-refractivity contribution >= 4 is 32.4 Å². The van der Waals surface area contributed by atoms with Gasteiger partial charge in [-0.1, -0.05) is 85.0 Å². The fourth-order valence-corrected chi connectivity index (χ4v) is 3.30. The molecule has 0 aliphatic heterocycles. The average molecular weight is 408 g/mol. The Hall–Kier alpha value is -2.26. The van der Waals surface area contributed by atoms with E-state index in [9.17, 15) is 16.8 Å². The van der Waals surface area contributed by atoms with E-state index in [1.165, 1.54) is 12.2 Å². The molecule has 0 N–H and O–H groups in total. The minimum absolute atomic E-state index is 0.390. The highest BCUT2D eigenvalue weighted by Gasteiger charge is 2.14. The summed E-state index contributed by atoms with van der Waals surface area (Å²) >= 11 is 0. The van der Waals surface area contributed by atoms with Crippen LogP contribution in [0.2, 0.25) is 0 Å². The van der Waals surface area contributed by atoms with Crippen LogP contribution >= 0.6 is 0 Å². The van der Waals surface area contributed by atoms with Gasteiger partial charge in [0.15, 0.2) is 6.79 Å². The topological polar surface area (TPSA) is 86.7 Å². The summed E-state index contributed by atoms with van der Waals surface area (Å²) in [6.45, 7) is -0.886. The maximum atomic E-state index is 11.7. The summed E-state index contributed by atoms with van der Waals surface area (Å²) in [6, 6.07) is 18.3. The molecule has 2 aromatic rings. The molecule has 0 spiro atoms. The molecule has 0 aliphatic carbocycles. The van der Waals surface area contributed by atoms with Crippen molar-refractivity contribution in [1.29, 1.82) is 0 Å². The van der Waals surface area contributed by atoms with Crippen LogP contribution in [0, 0.1) is 0 Å². The molecular formula is C19H20O6S2. The van der Waals surface area contributed by atoms with Crippen molar-refractivity contribution < 1.29 is 25.2 Å². The molecule has 0 atom stereocenters. The maximum Gasteiger partial charge on any atom is 0.273 e. The van der Waals surface area contributed by atoms with Gasteiger partial charge in [-0.2, -0.15) is 16.8 Å². The van der Waals surface area contributed by atoms with E-state index in [1.807, 2.05) is 60.7 Å². The quantitative estimate of drug-likeness (QED) is 0.444. The zero-order valence-electron chi connectivity index (χ0n) is 14.5. The second-order valence-corrected chi connectivity index (χ2v) is 8.80. The number of rotatable bonds is 10. The molecule has 0 aliphatic rings. The van der Waals surface area contributed by atoms with E-state index in [-0.39, 0.29) is 11.5 Å². The molecule has 0 amide bonds. The molecule has 0 radical (unpaired) electrons. The maximum absolute atomic E-state index is 11.7. The zero-order chi connectivity index (χ0) is 19.6. The van der Waals surface area contributed by atoms with Gasteiger partial charge in [0.05, 0.1) is 11.5 Å². The predicted octanol–water partition coefficient (Wildman–Crippen LogP) is 3.06. The molecule has 0 saturated heterocycles. The van der Waals surface area contributed by atoms with Gasteiger partial charge in [0.25, 0.3) is 20.2 Å². The van der Waals surface area contributed by atoms with E-state index in [2.05, 4.69) is 8.37 Å². The van der Waals surface area contributed by atoms with Crippen LogP contribution in [-0.2, 0) is 28.6 Å². The molecule has 0 saturated carbocycles. The molecule has 0 bridgehead atoms. The fraction of sp³-hybridized carbons (Fsp3) is 0.158. The molecule has 2 rings (SSSR count). The molecule has 0 fully saturated rings. The highest BCUT2D eigenvalue weighted by atomic mass is 32.2. The first-order chi connectivity index (χ1) is 12.9. The van der Waals surface area contributed by atoms with Crippen LogP contribution in [0.5, 0.6) is 0 Å². The molecule has 0 unspecified atom stereocenters. The van der Waals surface area contributed by atoms with Crippen LogP contribution in [0.25, 0.3) is 12.2 Å². The highest BCUT2D eigenvalue weighted by Crippen LogP contribution is 2.05. The molecule has 27 heavy (non-hydrogen) atoms. The van der Waals surface area contributed by atoms with Crippen molar-refractivity contribution in [3.8, 4) is 0 Å². The Morgan fingerprint density at radius 1 is 0.630 bits per heavy atom. The smallest absolute Gasteiger partial charge is 0.240 e. The lowest BCUT2D eigenvalue weighted by Crippen LogP contribution is -2.16. The minimum atomic E-state index is -3.93. The molecule has 0 heterocycles. The first-order valence-corrected chi connectivity index (χ1v) is 11.2. The highest BCUT2D eigenvalue weighted by molar-refractivity contribution is 7.87. The van der Waals surface area contributed by atoms with E-state index >= 15 is 0 Å². The van der Waals surface area contributed by atoms with Gasteiger partial charge in [0, 0.05) is 0 Å². The van der Waals surface area contributed by atoms with Crippen LogP contribution in [0.1, 0.15) is 11.1 Å². The van der Waals surface area contributed by atoms with Crippen molar-refractivity contribution in [2.45, 2.75) is 0 Å². The van der Waals surface area contributed by atoms with Gasteiger partial charge >= 0.3 is 0 Å². The summed E-state index contributed by atoms with van der Waals surface area (Å²) in [7, 11) is -7.86. The number of hydrogen-bond donors (Lipinski definition) is 0. The van der Waals surface area contributed by atoms with Crippen LogP contribution < -0.4 is 0 Å². The van der Waals surface area contributed by atoms with Gasteiger partial charge in [0.2, 0.25) is 0 Å². The monoisotopic (exact) mass is 408 g/mol. The first kappa shape index (κ1) is 21.0. The van der Waals surface area contributed by atoms with E-state index in [4.69, 9.17) is 0 Å². The number of hydrogen-bond acceptors (Lipinski definition) is 6. The third-order valence-electron chi connectivity index (χ3n) is 3.28. The van der Waals surface area contributed by atoms with Crippen molar-refractivity contribution in [3.05, 3.63) is 83.9 Å². The lowest BCUT2D eigenvalue weighted by Gasteiger charge is -2.04. The van der Waals surface area contributed by atoms with Gasteiger partial charge in [-0.3, -0.25) is 0 Å². The lowest BCUT2D eigenvalue weighted by molar-refractivity contribution is 0.133. The SMILES string of the molecule is O=S(=O)(CC=Cc1ccccc1)OCOS(=O)(=O)CC=Cc1ccccc1. The Morgan fingerprint density at radius 3 is 1.37 bits per heavy atom. The zero-order valence-corrected chi connectivity index (χ0v) is 16.1. The average Bonchev–Trinajstić information content (AvgIpc) is 2.63. The van der Waals surface area contributed by atoms with E-state index in [0.717, 1.165) is 11.1 Å². The molecule has 0 aromatic heterocycles. The summed E-state index contributed by atoms with van der Waals surface area (Å²) in [4.78, 5) is 0. The normalized spacial score (nSPS) is 12.7. The lowest BCUT2D eigenvalue weighted by atomic mass is 10.2. The summed E-state index contributed by atoms with van der Waals surface area (Å²) in [6.07, 6.45) is 6.10. The van der Waals surface area contributed by atoms with Gasteiger partial charge in [-0.15, -0.1) is 0 Å². The van der Waals surface area contributed by atoms with Crippen molar-refractivity contribution in [3.63, 3.8) is 0 Å². The largest absolute Gasteiger partial charge is 0.273 e. The Labute approximate surface area is 160 Å². The molecule has 2 aromatic carbocycles. The van der Waals surface area contributed by atoms with Crippen molar-refractivity contribution in [1.82, 2.24) is 0 Å². The Bertz CT molecular complexity index is 882. The van der Waals surface area contributed by atoms with Crippen molar-refractivity contribution in [2.75, 3.05) is 18.3 Å². The van der Waals surface area contributed by atoms with Gasteiger partial charge in [-0.25, -0.2) is 8.37 Å². The van der Waals surface area contributed by atoms with E-state index < -0.39 is 27.0 Å². The van der Waals surface area contributed by atoms with Gasteiger partial charge in [0.1, 0.15) is 0 Å². The van der Waals surface area contributed by atoms with Crippen LogP contribution in [0.15, 0.2) is 72.8 Å². The second-order valence-electron chi connectivity index (χ2n) is 5.43.